The molecule has 2 aromatic rings. The summed E-state index contributed by atoms with van der Waals surface area (Å²) in [5, 5.41) is 2.79. The number of hydrogen-bond acceptors (Lipinski definition) is 5. The normalized spacial score (nSPS) is 20.3. The number of carbonyl (C=O) groups excluding carboxylic acids is 1. The second-order valence-electron chi connectivity index (χ2n) is 9.18. The number of imidazole rings is 1. The van der Waals surface area contributed by atoms with Gasteiger partial charge in [-0.25, -0.2) is 14.2 Å². The van der Waals surface area contributed by atoms with Crippen molar-refractivity contribution in [3.05, 3.63) is 17.7 Å². The lowest BCUT2D eigenvalue weighted by molar-refractivity contribution is 0.0490. The standard InChI is InChI=1S/C21H32FN5O2/c1-12(2)15-8-18-17(9-16(15)23)25-19(26(18)6)27-10-13(22)7-14(11-27)24-20(28)29-21(3,4)5/h8-9,12-14H,7,10-11,23H2,1-6H3,(H,24,28)/t13-,14-/m1/s1. The van der Waals surface area contributed by atoms with Gasteiger partial charge in [-0.05, 0) is 44.4 Å². The molecule has 1 aliphatic heterocycles. The molecule has 2 atom stereocenters. The minimum absolute atomic E-state index is 0.232. The van der Waals surface area contributed by atoms with E-state index in [1.165, 1.54) is 0 Å². The smallest absolute Gasteiger partial charge is 0.407 e. The molecule has 3 N–H and O–H groups in total. The molecule has 0 saturated carbocycles. The highest BCUT2D eigenvalue weighted by Gasteiger charge is 2.31. The van der Waals surface area contributed by atoms with E-state index in [4.69, 9.17) is 15.5 Å². The highest BCUT2D eigenvalue weighted by Crippen LogP contribution is 2.31. The lowest BCUT2D eigenvalue weighted by atomic mass is 10.0. The molecule has 0 aliphatic carbocycles. The van der Waals surface area contributed by atoms with Crippen LogP contribution < -0.4 is 16.0 Å². The summed E-state index contributed by atoms with van der Waals surface area (Å²) in [5.74, 6) is 0.962. The van der Waals surface area contributed by atoms with Gasteiger partial charge in [-0.3, -0.25) is 0 Å². The number of rotatable bonds is 3. The molecule has 0 bridgehead atoms. The molecule has 0 unspecified atom stereocenters. The Hall–Kier alpha value is -2.51. The number of nitrogen functional groups attached to an aromatic ring is 1. The average Bonchev–Trinajstić information content (AvgIpc) is 2.87. The molecule has 8 heteroatoms. The van der Waals surface area contributed by atoms with Crippen LogP contribution in [0.3, 0.4) is 0 Å². The number of anilines is 2. The van der Waals surface area contributed by atoms with Gasteiger partial charge in [0.2, 0.25) is 5.95 Å². The Morgan fingerprint density at radius 1 is 1.34 bits per heavy atom. The summed E-state index contributed by atoms with van der Waals surface area (Å²) in [5.41, 5.74) is 9.11. The van der Waals surface area contributed by atoms with Gasteiger partial charge in [0.15, 0.2) is 0 Å². The van der Waals surface area contributed by atoms with E-state index in [1.54, 1.807) is 20.8 Å². The largest absolute Gasteiger partial charge is 0.444 e. The fourth-order valence-electron chi connectivity index (χ4n) is 3.82. The Morgan fingerprint density at radius 2 is 2.03 bits per heavy atom. The van der Waals surface area contributed by atoms with E-state index in [1.807, 2.05) is 22.6 Å². The number of halogens is 1. The third-order valence-electron chi connectivity index (χ3n) is 5.09. The first-order valence-electron chi connectivity index (χ1n) is 10.1. The Morgan fingerprint density at radius 3 is 2.66 bits per heavy atom. The predicted octanol–water partition coefficient (Wildman–Crippen LogP) is 3.72. The van der Waals surface area contributed by atoms with Gasteiger partial charge in [0.1, 0.15) is 11.8 Å². The first kappa shape index (κ1) is 21.2. The van der Waals surface area contributed by atoms with Crippen molar-refractivity contribution < 1.29 is 13.9 Å². The molecule has 160 valence electrons. The summed E-state index contributed by atoms with van der Waals surface area (Å²) in [6.45, 7) is 10.3. The van der Waals surface area contributed by atoms with E-state index >= 15 is 0 Å². The Labute approximate surface area is 171 Å². The number of aromatic nitrogens is 2. The third kappa shape index (κ3) is 4.74. The van der Waals surface area contributed by atoms with Crippen LogP contribution in [-0.2, 0) is 11.8 Å². The molecule has 1 aliphatic rings. The SMILES string of the molecule is CC(C)c1cc2c(cc1N)nc(N1C[C@H](F)C[C@@H](NC(=O)OC(C)(C)C)C1)n2C. The van der Waals surface area contributed by atoms with Crippen LogP contribution in [-0.4, -0.2) is 46.5 Å². The van der Waals surface area contributed by atoms with Crippen LogP contribution in [0.4, 0.5) is 20.8 Å². The fraction of sp³-hybridized carbons (Fsp3) is 0.619. The van der Waals surface area contributed by atoms with Crippen LogP contribution in [0.5, 0.6) is 0 Å². The van der Waals surface area contributed by atoms with Crippen molar-refractivity contribution in [1.82, 2.24) is 14.9 Å². The van der Waals surface area contributed by atoms with Gasteiger partial charge >= 0.3 is 6.09 Å². The highest BCUT2D eigenvalue weighted by molar-refractivity contribution is 5.84. The minimum Gasteiger partial charge on any atom is -0.444 e. The van der Waals surface area contributed by atoms with Crippen LogP contribution in [0.15, 0.2) is 12.1 Å². The van der Waals surface area contributed by atoms with Gasteiger partial charge in [0, 0.05) is 25.7 Å². The quantitative estimate of drug-likeness (QED) is 0.760. The van der Waals surface area contributed by atoms with Crippen LogP contribution in [0.2, 0.25) is 0 Å². The molecule has 1 fully saturated rings. The van der Waals surface area contributed by atoms with Crippen molar-refractivity contribution >= 4 is 28.8 Å². The van der Waals surface area contributed by atoms with Crippen molar-refractivity contribution in [2.75, 3.05) is 23.7 Å². The number of hydrogen-bond donors (Lipinski definition) is 2. The van der Waals surface area contributed by atoms with Gasteiger partial charge in [-0.15, -0.1) is 0 Å². The summed E-state index contributed by atoms with van der Waals surface area (Å²) in [6, 6.07) is 3.57. The second kappa shape index (κ2) is 7.72. The number of fused-ring (bicyclic) bond motifs is 1. The van der Waals surface area contributed by atoms with E-state index in [-0.39, 0.29) is 19.0 Å². The van der Waals surface area contributed by atoms with E-state index in [0.29, 0.717) is 24.1 Å². The van der Waals surface area contributed by atoms with Gasteiger partial charge in [-0.2, -0.15) is 0 Å². The number of alkyl halides is 1. The number of ether oxygens (including phenoxy) is 1. The van der Waals surface area contributed by atoms with Crippen molar-refractivity contribution in [3.8, 4) is 0 Å². The number of aryl methyl sites for hydroxylation is 1. The lowest BCUT2D eigenvalue weighted by Crippen LogP contribution is -2.53. The Balaban J connectivity index is 1.84. The van der Waals surface area contributed by atoms with Gasteiger partial charge in [0.05, 0.1) is 23.6 Å². The summed E-state index contributed by atoms with van der Waals surface area (Å²) < 4.78 is 21.8. The minimum atomic E-state index is -1.07. The first-order chi connectivity index (χ1) is 13.4. The maximum atomic E-state index is 14.5. The average molecular weight is 406 g/mol. The summed E-state index contributed by atoms with van der Waals surface area (Å²) in [6.07, 6.45) is -1.35. The Kier molecular flexibility index (Phi) is 5.65. The Bertz CT molecular complexity index is 903. The number of benzene rings is 1. The zero-order valence-corrected chi connectivity index (χ0v) is 18.1. The number of piperidine rings is 1. The third-order valence-corrected chi connectivity index (χ3v) is 5.09. The van der Waals surface area contributed by atoms with Crippen LogP contribution in [0, 0.1) is 0 Å². The summed E-state index contributed by atoms with van der Waals surface area (Å²) >= 11 is 0. The molecule has 0 radical (unpaired) electrons. The van der Waals surface area contributed by atoms with Crippen molar-refractivity contribution in [2.24, 2.45) is 7.05 Å². The van der Waals surface area contributed by atoms with Gasteiger partial charge in [-0.1, -0.05) is 13.8 Å². The number of nitrogens with two attached hydrogens (primary N) is 1. The highest BCUT2D eigenvalue weighted by atomic mass is 19.1. The number of nitrogens with zero attached hydrogens (tertiary/aromatic N) is 3. The molecule has 7 nitrogen and oxygen atoms in total. The molecule has 1 saturated heterocycles. The monoisotopic (exact) mass is 405 g/mol. The molecule has 1 aromatic carbocycles. The number of alkyl carbamates (subject to hydrolysis) is 1. The number of amides is 1. The summed E-state index contributed by atoms with van der Waals surface area (Å²) in [4.78, 5) is 18.7. The zero-order chi connectivity index (χ0) is 21.5. The lowest BCUT2D eigenvalue weighted by Gasteiger charge is -2.35. The maximum absolute atomic E-state index is 14.5. The van der Waals surface area contributed by atoms with E-state index in [0.717, 1.165) is 16.6 Å². The maximum Gasteiger partial charge on any atom is 0.407 e. The number of carbonyl (C=O) groups is 1. The molecule has 1 aromatic heterocycles. The molecule has 1 amide bonds. The fourth-order valence-corrected chi connectivity index (χ4v) is 3.82. The van der Waals surface area contributed by atoms with Crippen molar-refractivity contribution in [2.45, 2.75) is 64.8 Å². The summed E-state index contributed by atoms with van der Waals surface area (Å²) in [7, 11) is 1.92. The second-order valence-corrected chi connectivity index (χ2v) is 9.18. The number of nitrogens with one attached hydrogen (secondary N) is 1. The zero-order valence-electron chi connectivity index (χ0n) is 18.1. The molecule has 2 heterocycles. The van der Waals surface area contributed by atoms with Gasteiger partial charge in [0.25, 0.3) is 0 Å². The van der Waals surface area contributed by atoms with Crippen molar-refractivity contribution in [1.29, 1.82) is 0 Å². The van der Waals surface area contributed by atoms with Crippen LogP contribution in [0.1, 0.15) is 52.5 Å². The van der Waals surface area contributed by atoms with Crippen LogP contribution >= 0.6 is 0 Å². The molecule has 3 rings (SSSR count). The van der Waals surface area contributed by atoms with Crippen molar-refractivity contribution in [3.63, 3.8) is 0 Å². The predicted molar refractivity (Wildman–Crippen MR) is 114 cm³/mol. The molecule has 29 heavy (non-hydrogen) atoms. The van der Waals surface area contributed by atoms with Gasteiger partial charge < -0.3 is 25.3 Å². The molecule has 0 spiro atoms. The topological polar surface area (TPSA) is 85.4 Å². The first-order valence-corrected chi connectivity index (χ1v) is 10.1. The molecular formula is C21H32FN5O2. The van der Waals surface area contributed by atoms with E-state index in [9.17, 15) is 9.18 Å². The van der Waals surface area contributed by atoms with Crippen LogP contribution in [0.25, 0.3) is 11.0 Å². The molecular weight excluding hydrogens is 373 g/mol. The van der Waals surface area contributed by atoms with E-state index < -0.39 is 17.9 Å². The van der Waals surface area contributed by atoms with E-state index in [2.05, 4.69) is 25.2 Å².